The van der Waals surface area contributed by atoms with Gasteiger partial charge in [-0.2, -0.15) is 4.31 Å². The van der Waals surface area contributed by atoms with Crippen LogP contribution in [-0.2, 0) is 21.4 Å². The Morgan fingerprint density at radius 3 is 2.89 bits per heavy atom. The van der Waals surface area contributed by atoms with E-state index in [0.29, 0.717) is 19.6 Å². The molecule has 100 valence electrons. The van der Waals surface area contributed by atoms with Crippen molar-refractivity contribution in [2.75, 3.05) is 13.1 Å². The minimum absolute atomic E-state index is 0.240. The van der Waals surface area contributed by atoms with Crippen molar-refractivity contribution in [3.8, 4) is 0 Å². The van der Waals surface area contributed by atoms with E-state index in [9.17, 15) is 13.2 Å². The van der Waals surface area contributed by atoms with Crippen molar-refractivity contribution in [2.45, 2.75) is 23.7 Å². The van der Waals surface area contributed by atoms with Crippen LogP contribution in [0.4, 0.5) is 0 Å². The average molecular weight is 289 g/mol. The SMILES string of the molecule is CC1C(=O)NCCN1S(=O)(=O)c1ccc(CN)s1. The van der Waals surface area contributed by atoms with Gasteiger partial charge in [-0.15, -0.1) is 11.3 Å². The Labute approximate surface area is 110 Å². The lowest BCUT2D eigenvalue weighted by Crippen LogP contribution is -2.55. The zero-order valence-corrected chi connectivity index (χ0v) is 11.6. The quantitative estimate of drug-likeness (QED) is 0.800. The molecular weight excluding hydrogens is 274 g/mol. The summed E-state index contributed by atoms with van der Waals surface area (Å²) in [5.41, 5.74) is 5.47. The molecule has 1 atom stereocenters. The molecule has 8 heteroatoms. The largest absolute Gasteiger partial charge is 0.353 e. The summed E-state index contributed by atoms with van der Waals surface area (Å²) in [7, 11) is -3.60. The van der Waals surface area contributed by atoms with Gasteiger partial charge >= 0.3 is 0 Å². The van der Waals surface area contributed by atoms with Crippen molar-refractivity contribution in [3.05, 3.63) is 17.0 Å². The number of thiophene rings is 1. The van der Waals surface area contributed by atoms with E-state index in [1.807, 2.05) is 0 Å². The van der Waals surface area contributed by atoms with Crippen LogP contribution in [0.25, 0.3) is 0 Å². The van der Waals surface area contributed by atoms with Crippen molar-refractivity contribution < 1.29 is 13.2 Å². The fourth-order valence-corrected chi connectivity index (χ4v) is 4.77. The van der Waals surface area contributed by atoms with E-state index in [0.717, 1.165) is 16.2 Å². The second kappa shape index (κ2) is 4.96. The predicted octanol–water partition coefficient (Wildman–Crippen LogP) is -0.284. The molecule has 0 saturated carbocycles. The lowest BCUT2D eigenvalue weighted by Gasteiger charge is -2.31. The molecule has 1 amide bonds. The zero-order valence-electron chi connectivity index (χ0n) is 9.92. The summed E-state index contributed by atoms with van der Waals surface area (Å²) in [6.45, 7) is 2.54. The average Bonchev–Trinajstić information content (AvgIpc) is 2.81. The number of nitrogens with one attached hydrogen (secondary N) is 1. The second-order valence-corrected chi connectivity index (χ2v) is 7.29. The highest BCUT2D eigenvalue weighted by Gasteiger charge is 2.36. The maximum absolute atomic E-state index is 12.4. The van der Waals surface area contributed by atoms with Crippen LogP contribution in [0, 0.1) is 0 Å². The lowest BCUT2D eigenvalue weighted by molar-refractivity contribution is -0.126. The summed E-state index contributed by atoms with van der Waals surface area (Å²) in [5.74, 6) is -0.263. The molecule has 0 aliphatic carbocycles. The predicted molar refractivity (Wildman–Crippen MR) is 68.6 cm³/mol. The Morgan fingerprint density at radius 2 is 2.28 bits per heavy atom. The number of amides is 1. The fourth-order valence-electron chi connectivity index (χ4n) is 1.81. The zero-order chi connectivity index (χ0) is 13.3. The normalized spacial score (nSPS) is 21.9. The maximum Gasteiger partial charge on any atom is 0.253 e. The van der Waals surface area contributed by atoms with E-state index in [1.54, 1.807) is 19.1 Å². The van der Waals surface area contributed by atoms with Gasteiger partial charge in [0.25, 0.3) is 10.0 Å². The smallest absolute Gasteiger partial charge is 0.253 e. The fraction of sp³-hybridized carbons (Fsp3) is 0.500. The first kappa shape index (κ1) is 13.5. The molecule has 1 aliphatic heterocycles. The van der Waals surface area contributed by atoms with Crippen LogP contribution in [0.2, 0.25) is 0 Å². The molecule has 1 unspecified atom stereocenters. The Balaban J connectivity index is 2.33. The van der Waals surface area contributed by atoms with Crippen LogP contribution in [-0.4, -0.2) is 37.8 Å². The summed E-state index contributed by atoms with van der Waals surface area (Å²) in [6, 6.07) is 2.57. The number of carbonyl (C=O) groups excluding carboxylic acids is 1. The Kier molecular flexibility index (Phi) is 3.71. The Bertz CT molecular complexity index is 552. The van der Waals surface area contributed by atoms with Gasteiger partial charge in [0, 0.05) is 24.5 Å². The van der Waals surface area contributed by atoms with Gasteiger partial charge in [0.15, 0.2) is 0 Å². The van der Waals surface area contributed by atoms with E-state index >= 15 is 0 Å². The number of rotatable bonds is 3. The molecule has 0 aromatic carbocycles. The summed E-state index contributed by atoms with van der Waals surface area (Å²) in [6.07, 6.45) is 0. The third-order valence-electron chi connectivity index (χ3n) is 2.84. The molecule has 6 nitrogen and oxygen atoms in total. The van der Waals surface area contributed by atoms with Crippen LogP contribution in [0.3, 0.4) is 0 Å². The van der Waals surface area contributed by atoms with Crippen LogP contribution in [0.15, 0.2) is 16.3 Å². The van der Waals surface area contributed by atoms with E-state index in [-0.39, 0.29) is 10.1 Å². The van der Waals surface area contributed by atoms with E-state index in [2.05, 4.69) is 5.32 Å². The molecule has 2 rings (SSSR count). The number of piperazine rings is 1. The molecule has 1 aliphatic rings. The van der Waals surface area contributed by atoms with Crippen LogP contribution in [0.1, 0.15) is 11.8 Å². The van der Waals surface area contributed by atoms with Gasteiger partial charge in [-0.3, -0.25) is 4.79 Å². The van der Waals surface area contributed by atoms with E-state index in [1.165, 1.54) is 4.31 Å². The van der Waals surface area contributed by atoms with Crippen molar-refractivity contribution in [1.82, 2.24) is 9.62 Å². The summed E-state index contributed by atoms with van der Waals surface area (Å²) in [5, 5.41) is 2.64. The molecule has 2 heterocycles. The first-order valence-corrected chi connectivity index (χ1v) is 7.81. The van der Waals surface area contributed by atoms with Gasteiger partial charge in [-0.25, -0.2) is 8.42 Å². The molecule has 1 saturated heterocycles. The number of sulfonamides is 1. The van der Waals surface area contributed by atoms with Gasteiger partial charge < -0.3 is 11.1 Å². The third-order valence-corrected chi connectivity index (χ3v) is 6.39. The first-order valence-electron chi connectivity index (χ1n) is 5.55. The van der Waals surface area contributed by atoms with Crippen LogP contribution >= 0.6 is 11.3 Å². The van der Waals surface area contributed by atoms with Gasteiger partial charge in [-0.05, 0) is 19.1 Å². The van der Waals surface area contributed by atoms with Gasteiger partial charge in [0.1, 0.15) is 10.3 Å². The third kappa shape index (κ3) is 2.28. The topological polar surface area (TPSA) is 92.5 Å². The van der Waals surface area contributed by atoms with Crippen LogP contribution in [0.5, 0.6) is 0 Å². The minimum atomic E-state index is -3.60. The molecule has 0 bridgehead atoms. The molecule has 18 heavy (non-hydrogen) atoms. The van der Waals surface area contributed by atoms with Gasteiger partial charge in [0.2, 0.25) is 5.91 Å². The van der Waals surface area contributed by atoms with E-state index in [4.69, 9.17) is 5.73 Å². The lowest BCUT2D eigenvalue weighted by atomic mass is 10.2. The van der Waals surface area contributed by atoms with Gasteiger partial charge in [-0.1, -0.05) is 0 Å². The second-order valence-electron chi connectivity index (χ2n) is 4.01. The van der Waals surface area contributed by atoms with E-state index < -0.39 is 16.1 Å². The standard InChI is InChI=1S/C10H15N3O3S2/c1-7-10(14)12-4-5-13(7)18(15,16)9-3-2-8(6-11)17-9/h2-3,7H,4-6,11H2,1H3,(H,12,14). The van der Waals surface area contributed by atoms with Gasteiger partial charge in [0.05, 0.1) is 0 Å². The first-order chi connectivity index (χ1) is 8.46. The van der Waals surface area contributed by atoms with Crippen molar-refractivity contribution in [3.63, 3.8) is 0 Å². The number of nitrogens with two attached hydrogens (primary N) is 1. The molecular formula is C10H15N3O3S2. The van der Waals surface area contributed by atoms with Crippen molar-refractivity contribution in [2.24, 2.45) is 5.73 Å². The highest BCUT2D eigenvalue weighted by Crippen LogP contribution is 2.26. The molecule has 1 aromatic heterocycles. The molecule has 1 aromatic rings. The van der Waals surface area contributed by atoms with Crippen LogP contribution < -0.4 is 11.1 Å². The molecule has 3 N–H and O–H groups in total. The molecule has 0 spiro atoms. The Hall–Kier alpha value is -0.960. The number of carbonyl (C=O) groups is 1. The summed E-state index contributed by atoms with van der Waals surface area (Å²) in [4.78, 5) is 12.3. The number of hydrogen-bond acceptors (Lipinski definition) is 5. The number of nitrogens with zero attached hydrogens (tertiary/aromatic N) is 1. The highest BCUT2D eigenvalue weighted by atomic mass is 32.2. The maximum atomic E-state index is 12.4. The minimum Gasteiger partial charge on any atom is -0.353 e. The summed E-state index contributed by atoms with van der Waals surface area (Å²) >= 11 is 1.15. The van der Waals surface area contributed by atoms with Crippen molar-refractivity contribution >= 4 is 27.3 Å². The number of hydrogen-bond donors (Lipinski definition) is 2. The molecule has 0 radical (unpaired) electrons. The Morgan fingerprint density at radius 1 is 1.56 bits per heavy atom. The van der Waals surface area contributed by atoms with Crippen molar-refractivity contribution in [1.29, 1.82) is 0 Å². The highest BCUT2D eigenvalue weighted by molar-refractivity contribution is 7.91. The molecule has 1 fully saturated rings. The summed E-state index contributed by atoms with van der Waals surface area (Å²) < 4.78 is 26.3. The monoisotopic (exact) mass is 289 g/mol.